The van der Waals surface area contributed by atoms with Gasteiger partial charge in [-0.3, -0.25) is 4.79 Å². The average molecular weight is 230 g/mol. The molecule has 2 aliphatic carbocycles. The molecule has 1 aromatic carbocycles. The maximum Gasteiger partial charge on any atom is 0.240 e. The summed E-state index contributed by atoms with van der Waals surface area (Å²) in [5.41, 5.74) is 8.13. The fourth-order valence-electron chi connectivity index (χ4n) is 2.51. The van der Waals surface area contributed by atoms with Gasteiger partial charge in [-0.05, 0) is 43.2 Å². The molecule has 0 heterocycles. The minimum atomic E-state index is -0.545. The van der Waals surface area contributed by atoms with E-state index in [1.54, 1.807) is 0 Å². The van der Waals surface area contributed by atoms with Gasteiger partial charge < -0.3 is 11.1 Å². The Kier molecular flexibility index (Phi) is 2.44. The third-order valence-electron chi connectivity index (χ3n) is 3.92. The zero-order chi connectivity index (χ0) is 11.9. The van der Waals surface area contributed by atoms with Crippen LogP contribution in [0.2, 0.25) is 0 Å². The van der Waals surface area contributed by atoms with Gasteiger partial charge >= 0.3 is 0 Å². The summed E-state index contributed by atoms with van der Waals surface area (Å²) in [4.78, 5) is 11.9. The largest absolute Gasteiger partial charge is 0.351 e. The molecular formula is C14H18N2O. The molecule has 3 rings (SSSR count). The van der Waals surface area contributed by atoms with Crippen molar-refractivity contribution >= 4 is 5.91 Å². The van der Waals surface area contributed by atoms with E-state index in [4.69, 9.17) is 5.73 Å². The summed E-state index contributed by atoms with van der Waals surface area (Å²) >= 11 is 0. The number of rotatable bonds is 2. The Hall–Kier alpha value is -1.35. The van der Waals surface area contributed by atoms with E-state index in [1.807, 2.05) is 0 Å². The minimum absolute atomic E-state index is 0.0434. The quantitative estimate of drug-likeness (QED) is 0.801. The summed E-state index contributed by atoms with van der Waals surface area (Å²) in [5, 5.41) is 3.10. The Morgan fingerprint density at radius 1 is 1.29 bits per heavy atom. The lowest BCUT2D eigenvalue weighted by Crippen LogP contribution is -2.48. The molecule has 1 amide bonds. The average Bonchev–Trinajstić information content (AvgIpc) is 3.09. The van der Waals surface area contributed by atoms with Crippen LogP contribution in [-0.4, -0.2) is 17.5 Å². The number of fused-ring (bicyclic) bond motifs is 1. The van der Waals surface area contributed by atoms with E-state index in [1.165, 1.54) is 11.1 Å². The van der Waals surface area contributed by atoms with Gasteiger partial charge in [0, 0.05) is 6.04 Å². The first-order valence-corrected chi connectivity index (χ1v) is 6.34. The standard InChI is InChI=1S/C14H18N2O/c15-14(7-8-14)13(17)16-12-6-5-10-3-1-2-4-11(10)9-12/h1-4,12H,5-9,15H2,(H,16,17). The summed E-state index contributed by atoms with van der Waals surface area (Å²) in [5.74, 6) is 0.0434. The van der Waals surface area contributed by atoms with Crippen LogP contribution in [0.5, 0.6) is 0 Å². The highest BCUT2D eigenvalue weighted by atomic mass is 16.2. The lowest BCUT2D eigenvalue weighted by atomic mass is 9.88. The normalized spacial score (nSPS) is 24.9. The van der Waals surface area contributed by atoms with Gasteiger partial charge in [0.2, 0.25) is 5.91 Å². The van der Waals surface area contributed by atoms with Crippen molar-refractivity contribution in [2.45, 2.75) is 43.7 Å². The van der Waals surface area contributed by atoms with Crippen LogP contribution >= 0.6 is 0 Å². The van der Waals surface area contributed by atoms with Gasteiger partial charge in [0.1, 0.15) is 0 Å². The number of benzene rings is 1. The van der Waals surface area contributed by atoms with Gasteiger partial charge in [-0.1, -0.05) is 24.3 Å². The first-order valence-electron chi connectivity index (χ1n) is 6.34. The molecule has 1 aromatic rings. The van der Waals surface area contributed by atoms with Crippen molar-refractivity contribution in [2.75, 3.05) is 0 Å². The summed E-state index contributed by atoms with van der Waals surface area (Å²) in [6.45, 7) is 0. The van der Waals surface area contributed by atoms with Gasteiger partial charge in [-0.2, -0.15) is 0 Å². The van der Waals surface area contributed by atoms with E-state index in [0.717, 1.165) is 32.1 Å². The van der Waals surface area contributed by atoms with E-state index in [-0.39, 0.29) is 11.9 Å². The molecule has 1 saturated carbocycles. The third kappa shape index (κ3) is 2.07. The van der Waals surface area contributed by atoms with E-state index < -0.39 is 5.54 Å². The van der Waals surface area contributed by atoms with E-state index in [2.05, 4.69) is 29.6 Å². The first kappa shape index (κ1) is 10.8. The lowest BCUT2D eigenvalue weighted by Gasteiger charge is -2.26. The predicted molar refractivity (Wildman–Crippen MR) is 66.6 cm³/mol. The van der Waals surface area contributed by atoms with Crippen LogP contribution in [0.15, 0.2) is 24.3 Å². The van der Waals surface area contributed by atoms with Crippen molar-refractivity contribution in [1.29, 1.82) is 0 Å². The van der Waals surface area contributed by atoms with Crippen molar-refractivity contribution in [3.8, 4) is 0 Å². The molecule has 17 heavy (non-hydrogen) atoms. The molecule has 0 aromatic heterocycles. The summed E-state index contributed by atoms with van der Waals surface area (Å²) < 4.78 is 0. The van der Waals surface area contributed by atoms with Crippen LogP contribution in [0, 0.1) is 0 Å². The van der Waals surface area contributed by atoms with Gasteiger partial charge in [-0.15, -0.1) is 0 Å². The number of amides is 1. The number of nitrogens with one attached hydrogen (secondary N) is 1. The molecular weight excluding hydrogens is 212 g/mol. The Balaban J connectivity index is 1.66. The van der Waals surface area contributed by atoms with Gasteiger partial charge in [0.25, 0.3) is 0 Å². The summed E-state index contributed by atoms with van der Waals surface area (Å²) in [7, 11) is 0. The SMILES string of the molecule is NC1(C(=O)NC2CCc3ccccc3C2)CC1. The number of nitrogens with two attached hydrogens (primary N) is 1. The second-order valence-corrected chi connectivity index (χ2v) is 5.34. The van der Waals surface area contributed by atoms with Crippen molar-refractivity contribution in [3.05, 3.63) is 35.4 Å². The molecule has 2 aliphatic rings. The number of carbonyl (C=O) groups is 1. The molecule has 90 valence electrons. The maximum absolute atomic E-state index is 11.9. The first-order chi connectivity index (χ1) is 8.17. The van der Waals surface area contributed by atoms with Crippen LogP contribution < -0.4 is 11.1 Å². The number of hydrogen-bond acceptors (Lipinski definition) is 2. The molecule has 0 aliphatic heterocycles. The number of hydrogen-bond donors (Lipinski definition) is 2. The highest BCUT2D eigenvalue weighted by Crippen LogP contribution is 2.32. The van der Waals surface area contributed by atoms with Crippen molar-refractivity contribution < 1.29 is 4.79 Å². The van der Waals surface area contributed by atoms with Crippen LogP contribution in [0.1, 0.15) is 30.4 Å². The van der Waals surface area contributed by atoms with Crippen LogP contribution in [0.4, 0.5) is 0 Å². The molecule has 3 nitrogen and oxygen atoms in total. The van der Waals surface area contributed by atoms with Crippen LogP contribution in [-0.2, 0) is 17.6 Å². The van der Waals surface area contributed by atoms with Gasteiger partial charge in [-0.25, -0.2) is 0 Å². The van der Waals surface area contributed by atoms with Crippen molar-refractivity contribution in [2.24, 2.45) is 5.73 Å². The topological polar surface area (TPSA) is 55.1 Å². The van der Waals surface area contributed by atoms with E-state index >= 15 is 0 Å². The van der Waals surface area contributed by atoms with Crippen molar-refractivity contribution in [3.63, 3.8) is 0 Å². The molecule has 0 bridgehead atoms. The van der Waals surface area contributed by atoms with E-state index in [9.17, 15) is 4.79 Å². The predicted octanol–water partition coefficient (Wildman–Crippen LogP) is 1.15. The fraction of sp³-hybridized carbons (Fsp3) is 0.500. The molecule has 0 saturated heterocycles. The summed E-state index contributed by atoms with van der Waals surface area (Å²) in [6, 6.07) is 8.74. The van der Waals surface area contributed by atoms with E-state index in [0.29, 0.717) is 0 Å². The molecule has 1 unspecified atom stereocenters. The second kappa shape index (κ2) is 3.84. The van der Waals surface area contributed by atoms with Gasteiger partial charge in [0.15, 0.2) is 0 Å². The molecule has 0 spiro atoms. The minimum Gasteiger partial charge on any atom is -0.351 e. The Morgan fingerprint density at radius 3 is 2.71 bits per heavy atom. The molecule has 1 atom stereocenters. The van der Waals surface area contributed by atoms with Crippen LogP contribution in [0.25, 0.3) is 0 Å². The molecule has 3 N–H and O–H groups in total. The zero-order valence-electron chi connectivity index (χ0n) is 9.91. The smallest absolute Gasteiger partial charge is 0.240 e. The third-order valence-corrected chi connectivity index (χ3v) is 3.92. The Morgan fingerprint density at radius 2 is 2.00 bits per heavy atom. The molecule has 0 radical (unpaired) electrons. The second-order valence-electron chi connectivity index (χ2n) is 5.34. The Labute approximate surface area is 101 Å². The fourth-order valence-corrected chi connectivity index (χ4v) is 2.51. The number of aryl methyl sites for hydroxylation is 1. The Bertz CT molecular complexity index is 451. The molecule has 3 heteroatoms. The summed E-state index contributed by atoms with van der Waals surface area (Å²) in [6.07, 6.45) is 4.69. The highest BCUT2D eigenvalue weighted by molar-refractivity contribution is 5.89. The maximum atomic E-state index is 11.9. The lowest BCUT2D eigenvalue weighted by molar-refractivity contribution is -0.124. The molecule has 1 fully saturated rings. The van der Waals surface area contributed by atoms with Gasteiger partial charge in [0.05, 0.1) is 5.54 Å². The zero-order valence-corrected chi connectivity index (χ0v) is 9.91. The highest BCUT2D eigenvalue weighted by Gasteiger charge is 2.46. The number of carbonyl (C=O) groups excluding carboxylic acids is 1. The van der Waals surface area contributed by atoms with Crippen LogP contribution in [0.3, 0.4) is 0 Å². The monoisotopic (exact) mass is 230 g/mol. The van der Waals surface area contributed by atoms with Crippen molar-refractivity contribution in [1.82, 2.24) is 5.32 Å².